The Hall–Kier alpha value is -6.41. The van der Waals surface area contributed by atoms with Crippen molar-refractivity contribution in [2.75, 3.05) is 92.3 Å². The second-order valence-electron chi connectivity index (χ2n) is 21.9. The highest BCUT2D eigenvalue weighted by molar-refractivity contribution is 14.1. The van der Waals surface area contributed by atoms with Crippen LogP contribution in [-0.2, 0) is 24.4 Å². The molecule has 10 aromatic rings. The third-order valence-corrected chi connectivity index (χ3v) is 17.9. The van der Waals surface area contributed by atoms with Gasteiger partial charge in [0.2, 0.25) is 0 Å². The van der Waals surface area contributed by atoms with Gasteiger partial charge in [0.1, 0.15) is 44.6 Å². The summed E-state index contributed by atoms with van der Waals surface area (Å²) < 4.78 is 44.6. The standard InChI is InChI=1S/C23H25ClN6O.C22H23ClFN5O.C17H16ClFIN5/c1-16-8-9-18(31-16)22-19-20(24)21(17-6-4-3-5-7-17)25-26-23(19)30(27-22)15-14-29-12-10-28(2)11-13-29;23-19-18-20(16-7-12-30-13-8-16)27-29(11-10-28-9-6-17(24)14-28)22(18)26-25-21(19)15-4-2-1-3-5-15;18-14-13-16(20)23-25(9-8-24-7-6-12(19)10-24)17(13)22-21-15(14)11-4-2-1-3-5-11/h3-9H,10-15H2,1-2H3;1-5,7,17H,6,8-14H2;1-5,12H,6-10H2/t;17-;12-/m.11/s1. The van der Waals surface area contributed by atoms with E-state index in [0.717, 1.165) is 125 Å². The van der Waals surface area contributed by atoms with E-state index in [1.807, 2.05) is 124 Å². The first-order chi connectivity index (χ1) is 41.9. The van der Waals surface area contributed by atoms with E-state index in [1.165, 1.54) is 0 Å². The number of rotatable bonds is 14. The molecule has 86 heavy (non-hydrogen) atoms. The molecular weight excluding hydrogens is 1270 g/mol. The normalized spacial score (nSPS) is 18.0. The molecule has 0 N–H and O–H groups in total. The van der Waals surface area contributed by atoms with Crippen LogP contribution in [0.5, 0.6) is 0 Å². The molecule has 4 aliphatic heterocycles. The number of hydrogen-bond donors (Lipinski definition) is 0. The second-order valence-corrected chi connectivity index (χ2v) is 24.1. The van der Waals surface area contributed by atoms with Crippen LogP contribution in [0.4, 0.5) is 8.78 Å². The SMILES string of the molecule is Cc1ccc(-c2nn(CCN3CCN(C)CC3)c3nnc(-c4ccccc4)c(Cl)c23)o1.F[C@@H]1CCN(CCn2nc(C3=CCOCC3)c3c(Cl)c(-c4ccccc4)nnc32)C1.F[C@@H]1CCN(CCn2nc(I)c3c(Cl)c(-c4ccccc4)nnc32)C1. The highest BCUT2D eigenvalue weighted by Gasteiger charge is 2.28. The zero-order chi connectivity index (χ0) is 59.3. The Balaban J connectivity index is 0.000000127. The van der Waals surface area contributed by atoms with E-state index in [-0.39, 0.29) is 0 Å². The minimum Gasteiger partial charge on any atom is -0.460 e. The average molecular weight is 1340 g/mol. The Morgan fingerprint density at radius 1 is 0.512 bits per heavy atom. The van der Waals surface area contributed by atoms with Crippen molar-refractivity contribution in [3.63, 3.8) is 0 Å². The van der Waals surface area contributed by atoms with E-state index in [2.05, 4.69) is 91.0 Å². The molecule has 18 nitrogen and oxygen atoms in total. The number of hydrogen-bond acceptors (Lipinski definition) is 15. The number of nitrogens with zero attached hydrogens (tertiary/aromatic N) is 16. The van der Waals surface area contributed by atoms with Gasteiger partial charge in [-0.25, -0.2) is 22.8 Å². The molecule has 7 aromatic heterocycles. The van der Waals surface area contributed by atoms with Crippen LogP contribution in [0, 0.1) is 10.6 Å². The summed E-state index contributed by atoms with van der Waals surface area (Å²) in [6.07, 6.45) is 2.61. The fourth-order valence-electron chi connectivity index (χ4n) is 11.3. The van der Waals surface area contributed by atoms with Crippen LogP contribution in [0.15, 0.2) is 114 Å². The Morgan fingerprint density at radius 2 is 0.965 bits per heavy atom. The largest absolute Gasteiger partial charge is 0.460 e. The number of alkyl halides is 2. The zero-order valence-electron chi connectivity index (χ0n) is 47.7. The molecule has 0 saturated carbocycles. The molecule has 2 atom stereocenters. The van der Waals surface area contributed by atoms with Crippen LogP contribution in [0.2, 0.25) is 15.1 Å². The van der Waals surface area contributed by atoms with Crippen LogP contribution in [0.25, 0.3) is 83.9 Å². The van der Waals surface area contributed by atoms with Crippen molar-refractivity contribution in [2.45, 2.75) is 58.2 Å². The smallest absolute Gasteiger partial charge is 0.183 e. The Labute approximate surface area is 525 Å². The number of piperazine rings is 1. The molecule has 0 aliphatic carbocycles. The number of furan rings is 1. The first kappa shape index (κ1) is 59.9. The molecule has 0 unspecified atom stereocenters. The van der Waals surface area contributed by atoms with E-state index < -0.39 is 12.3 Å². The first-order valence-electron chi connectivity index (χ1n) is 29.0. The summed E-state index contributed by atoms with van der Waals surface area (Å²) >= 11 is 22.6. The van der Waals surface area contributed by atoms with Crippen LogP contribution >= 0.6 is 57.4 Å². The number of fused-ring (bicyclic) bond motifs is 3. The predicted molar refractivity (Wildman–Crippen MR) is 342 cm³/mol. The molecule has 14 rings (SSSR count). The molecule has 0 amide bonds. The highest BCUT2D eigenvalue weighted by Crippen LogP contribution is 2.40. The Bertz CT molecular complexity index is 3990. The fourth-order valence-corrected chi connectivity index (χ4v) is 13.2. The summed E-state index contributed by atoms with van der Waals surface area (Å²) in [5, 5.41) is 45.0. The highest BCUT2D eigenvalue weighted by atomic mass is 127. The van der Waals surface area contributed by atoms with Crippen LogP contribution in [0.1, 0.15) is 30.7 Å². The number of aryl methyl sites for hydroxylation is 1. The van der Waals surface area contributed by atoms with E-state index in [0.29, 0.717) is 113 Å². The molecule has 4 aliphatic rings. The van der Waals surface area contributed by atoms with Crippen molar-refractivity contribution in [2.24, 2.45) is 0 Å². The van der Waals surface area contributed by atoms with Gasteiger partial charge in [-0.2, -0.15) is 15.3 Å². The average Bonchev–Trinajstić information content (AvgIpc) is 1.98. The van der Waals surface area contributed by atoms with Gasteiger partial charge >= 0.3 is 0 Å². The van der Waals surface area contributed by atoms with E-state index >= 15 is 0 Å². The van der Waals surface area contributed by atoms with Crippen molar-refractivity contribution in [1.82, 2.24) is 79.5 Å². The third kappa shape index (κ3) is 13.4. The lowest BCUT2D eigenvalue weighted by Crippen LogP contribution is -2.45. The molecule has 3 saturated heterocycles. The number of likely N-dealkylation sites (tertiary alicyclic amines) is 2. The van der Waals surface area contributed by atoms with E-state index in [9.17, 15) is 8.78 Å². The van der Waals surface area contributed by atoms with Crippen LogP contribution in [0.3, 0.4) is 0 Å². The van der Waals surface area contributed by atoms with Gasteiger partial charge in [0.15, 0.2) is 22.7 Å². The molecular formula is C62H64Cl3F2IN16O2. The van der Waals surface area contributed by atoms with E-state index in [4.69, 9.17) is 54.2 Å². The lowest BCUT2D eigenvalue weighted by atomic mass is 10.0. The summed E-state index contributed by atoms with van der Waals surface area (Å²) in [7, 11) is 2.16. The summed E-state index contributed by atoms with van der Waals surface area (Å²) in [6, 6.07) is 33.3. The lowest BCUT2D eigenvalue weighted by molar-refractivity contribution is 0.149. The Kier molecular flexibility index (Phi) is 19.0. The fraction of sp³-hybridized carbons (Fsp3) is 0.371. The van der Waals surface area contributed by atoms with Crippen LogP contribution in [-0.4, -0.2) is 184 Å². The number of ether oxygens (including phenoxy) is 1. The molecule has 3 aromatic carbocycles. The van der Waals surface area contributed by atoms with Gasteiger partial charge in [0.25, 0.3) is 0 Å². The number of benzene rings is 3. The van der Waals surface area contributed by atoms with Crippen molar-refractivity contribution in [1.29, 1.82) is 0 Å². The van der Waals surface area contributed by atoms with Crippen molar-refractivity contribution >= 4 is 96.1 Å². The molecule has 0 spiro atoms. The van der Waals surface area contributed by atoms with Crippen molar-refractivity contribution in [3.8, 4) is 45.2 Å². The van der Waals surface area contributed by atoms with Gasteiger partial charge in [-0.3, -0.25) is 14.7 Å². The maximum absolute atomic E-state index is 13.5. The molecule has 24 heteroatoms. The minimum absolute atomic E-state index is 0.485. The van der Waals surface area contributed by atoms with Crippen molar-refractivity contribution in [3.05, 3.63) is 139 Å². The van der Waals surface area contributed by atoms with Gasteiger partial charge in [0.05, 0.1) is 69.8 Å². The maximum Gasteiger partial charge on any atom is 0.183 e. The molecule has 446 valence electrons. The van der Waals surface area contributed by atoms with Crippen LogP contribution < -0.4 is 0 Å². The number of likely N-dealkylation sites (N-methyl/N-ethyl adjacent to an activating group) is 1. The molecule has 0 radical (unpaired) electrons. The Morgan fingerprint density at radius 3 is 1.42 bits per heavy atom. The lowest BCUT2D eigenvalue weighted by Gasteiger charge is -2.32. The summed E-state index contributed by atoms with van der Waals surface area (Å²) in [4.78, 5) is 9.04. The van der Waals surface area contributed by atoms with Gasteiger partial charge < -0.3 is 14.1 Å². The monoisotopic (exact) mass is 1330 g/mol. The molecule has 11 heterocycles. The third-order valence-electron chi connectivity index (χ3n) is 16.0. The van der Waals surface area contributed by atoms with Crippen molar-refractivity contribution < 1.29 is 17.9 Å². The second kappa shape index (κ2) is 27.3. The summed E-state index contributed by atoms with van der Waals surface area (Å²) in [5.74, 6) is 1.52. The predicted octanol–water partition coefficient (Wildman–Crippen LogP) is 11.8. The number of aromatic nitrogens is 12. The number of halogens is 6. The van der Waals surface area contributed by atoms with E-state index in [1.54, 1.807) is 0 Å². The maximum atomic E-state index is 13.5. The molecule has 3 fully saturated rings. The topological polar surface area (TPSA) is 166 Å². The van der Waals surface area contributed by atoms with Gasteiger partial charge in [-0.1, -0.05) is 132 Å². The van der Waals surface area contributed by atoms with Gasteiger partial charge in [-0.05, 0) is 73.5 Å². The first-order valence-corrected chi connectivity index (χ1v) is 31.2. The summed E-state index contributed by atoms with van der Waals surface area (Å²) in [5.41, 5.74) is 9.42. The van der Waals surface area contributed by atoms with Gasteiger partial charge in [0, 0.05) is 88.7 Å². The minimum atomic E-state index is -0.731. The molecule has 0 bridgehead atoms. The summed E-state index contributed by atoms with van der Waals surface area (Å²) in [6.45, 7) is 14.3. The van der Waals surface area contributed by atoms with Gasteiger partial charge in [-0.15, -0.1) is 30.6 Å². The quantitative estimate of drug-likeness (QED) is 0.0943. The zero-order valence-corrected chi connectivity index (χ0v) is 52.1.